The average Bonchev–Trinajstić information content (AvgIpc) is 3.60. The number of hydrogen-bond donors (Lipinski definition) is 1. The third kappa shape index (κ3) is 10.5. The number of nitrogens with zero attached hydrogens (tertiary/aromatic N) is 1. The van der Waals surface area contributed by atoms with E-state index < -0.39 is 22.2 Å². The number of carbonyl (C=O) groups is 1. The number of hydrogen-bond acceptors (Lipinski definition) is 6. The molecule has 2 unspecified atom stereocenters. The highest BCUT2D eigenvalue weighted by Gasteiger charge is 2.45. The molecule has 1 heterocycles. The average molecular weight is 711 g/mol. The Hall–Kier alpha value is -4.44. The van der Waals surface area contributed by atoms with Gasteiger partial charge < -0.3 is 19.5 Å². The van der Waals surface area contributed by atoms with Crippen LogP contribution >= 0.6 is 0 Å². The summed E-state index contributed by atoms with van der Waals surface area (Å²) in [6.45, 7) is 2.12. The molecule has 5 rings (SSSR count). The lowest BCUT2D eigenvalue weighted by Crippen LogP contribution is -2.48. The van der Waals surface area contributed by atoms with E-state index in [0.29, 0.717) is 23.7 Å². The van der Waals surface area contributed by atoms with Crippen LogP contribution in [0, 0.1) is 6.92 Å². The fourth-order valence-electron chi connectivity index (χ4n) is 6.72. The summed E-state index contributed by atoms with van der Waals surface area (Å²) < 4.78 is 47.1. The van der Waals surface area contributed by atoms with Crippen molar-refractivity contribution in [3.05, 3.63) is 131 Å². The monoisotopic (exact) mass is 710 g/mol. The molecule has 270 valence electrons. The van der Waals surface area contributed by atoms with Crippen LogP contribution in [0.1, 0.15) is 54.4 Å². The van der Waals surface area contributed by atoms with Gasteiger partial charge in [0.1, 0.15) is 6.04 Å². The maximum absolute atomic E-state index is 14.4. The predicted octanol–water partition coefficient (Wildman–Crippen LogP) is 7.40. The minimum absolute atomic E-state index is 0.0438. The first kappa shape index (κ1) is 37.8. The van der Waals surface area contributed by atoms with Gasteiger partial charge in [0.2, 0.25) is 15.9 Å². The summed E-state index contributed by atoms with van der Waals surface area (Å²) in [7, 11) is -1.13. The van der Waals surface area contributed by atoms with Gasteiger partial charge in [-0.1, -0.05) is 103 Å². The molecule has 1 aliphatic heterocycles. The topological polar surface area (TPSA) is 94.2 Å². The Morgan fingerprint density at radius 1 is 0.863 bits per heavy atom. The molecule has 0 aliphatic carbocycles. The normalized spacial score (nSPS) is 16.5. The van der Waals surface area contributed by atoms with Crippen LogP contribution in [-0.4, -0.2) is 64.2 Å². The van der Waals surface area contributed by atoms with Crippen LogP contribution in [0.25, 0.3) is 6.08 Å². The molecule has 1 saturated heterocycles. The molecular weight excluding hydrogens is 661 g/mol. The first-order chi connectivity index (χ1) is 24.8. The molecule has 0 radical (unpaired) electrons. The highest BCUT2D eigenvalue weighted by molar-refractivity contribution is 7.89. The van der Waals surface area contributed by atoms with E-state index >= 15 is 0 Å². The molecule has 9 heteroatoms. The van der Waals surface area contributed by atoms with Gasteiger partial charge in [-0.3, -0.25) is 4.79 Å². The van der Waals surface area contributed by atoms with E-state index in [4.69, 9.17) is 14.2 Å². The number of nitrogens with one attached hydrogen (secondary N) is 1. The van der Waals surface area contributed by atoms with Gasteiger partial charge in [0.15, 0.2) is 11.5 Å². The molecule has 0 bridgehead atoms. The van der Waals surface area contributed by atoms with Crippen molar-refractivity contribution in [3.8, 4) is 11.5 Å². The number of benzene rings is 4. The second kappa shape index (κ2) is 18.7. The Balaban J connectivity index is 1.34. The van der Waals surface area contributed by atoms with Gasteiger partial charge in [-0.05, 0) is 73.8 Å². The van der Waals surface area contributed by atoms with Crippen LogP contribution in [0.4, 0.5) is 0 Å². The van der Waals surface area contributed by atoms with E-state index in [-0.39, 0.29) is 29.8 Å². The zero-order valence-corrected chi connectivity index (χ0v) is 30.7. The van der Waals surface area contributed by atoms with E-state index in [1.165, 1.54) is 35.7 Å². The van der Waals surface area contributed by atoms with Gasteiger partial charge in [-0.15, -0.1) is 0 Å². The third-order valence-corrected chi connectivity index (χ3v) is 11.2. The number of aryl methyl sites for hydroxylation is 3. The van der Waals surface area contributed by atoms with Crippen molar-refractivity contribution in [2.24, 2.45) is 0 Å². The van der Waals surface area contributed by atoms with Gasteiger partial charge in [0, 0.05) is 25.1 Å². The largest absolute Gasteiger partial charge is 0.493 e. The van der Waals surface area contributed by atoms with Gasteiger partial charge in [0.05, 0.1) is 31.8 Å². The molecule has 1 fully saturated rings. The Morgan fingerprint density at radius 2 is 1.45 bits per heavy atom. The summed E-state index contributed by atoms with van der Waals surface area (Å²) in [5.41, 5.74) is 4.17. The highest BCUT2D eigenvalue weighted by atomic mass is 32.2. The molecule has 4 aromatic carbocycles. The van der Waals surface area contributed by atoms with E-state index in [1.807, 2.05) is 78.9 Å². The van der Waals surface area contributed by atoms with Crippen LogP contribution in [-0.2, 0) is 32.4 Å². The number of carbonyl (C=O) groups excluding carboxylic acids is 1. The number of ether oxygens (including phenoxy) is 3. The molecular formula is C42H50N2O6S. The first-order valence-electron chi connectivity index (χ1n) is 17.7. The summed E-state index contributed by atoms with van der Waals surface area (Å²) in [4.78, 5) is 14.3. The van der Waals surface area contributed by atoms with Gasteiger partial charge in [-0.2, -0.15) is 4.31 Å². The molecule has 51 heavy (non-hydrogen) atoms. The van der Waals surface area contributed by atoms with Crippen molar-refractivity contribution < 1.29 is 27.4 Å². The van der Waals surface area contributed by atoms with E-state index in [9.17, 15) is 13.2 Å². The quantitative estimate of drug-likeness (QED) is 0.116. The molecule has 8 nitrogen and oxygen atoms in total. The first-order valence-corrected chi connectivity index (χ1v) is 19.2. The lowest BCUT2D eigenvalue weighted by molar-refractivity contribution is -0.125. The SMILES string of the molecule is COc1cc(S(=O)(=O)N2CC(OC/C=C/c3ccccc3)CC2C(=O)NC(CCCc2ccccc2)CCCc2ccccc2)cc(C)c1OC. The second-order valence-electron chi connectivity index (χ2n) is 13.0. The van der Waals surface area contributed by atoms with Crippen LogP contribution in [0.5, 0.6) is 11.5 Å². The van der Waals surface area contributed by atoms with Crippen molar-refractivity contribution in [2.45, 2.75) is 75.0 Å². The van der Waals surface area contributed by atoms with E-state index in [2.05, 4.69) is 29.6 Å². The standard InChI is InChI=1S/C42H50N2O6S/c1-32-28-38(30-40(48-2)41(32)49-3)51(46,47)44-31-37(50-27-15-24-35-20-11-6-12-21-35)29-39(44)42(45)43-36(25-13-22-33-16-7-4-8-17-33)26-14-23-34-18-9-5-10-19-34/h4-12,15-21,24,28,30,36-37,39H,13-14,22-23,25-27,29,31H2,1-3H3,(H,43,45)/b24-15+. The zero-order valence-electron chi connectivity index (χ0n) is 29.9. The van der Waals surface area contributed by atoms with Gasteiger partial charge >= 0.3 is 0 Å². The lowest BCUT2D eigenvalue weighted by atomic mass is 9.98. The minimum Gasteiger partial charge on any atom is -0.493 e. The Kier molecular flexibility index (Phi) is 13.9. The number of sulfonamides is 1. The van der Waals surface area contributed by atoms with Crippen LogP contribution in [0.3, 0.4) is 0 Å². The Morgan fingerprint density at radius 3 is 2.02 bits per heavy atom. The molecule has 1 amide bonds. The van der Waals surface area contributed by atoms with Crippen molar-refractivity contribution in [2.75, 3.05) is 27.4 Å². The Labute approximate surface area is 303 Å². The minimum atomic E-state index is -4.12. The smallest absolute Gasteiger partial charge is 0.244 e. The fourth-order valence-corrected chi connectivity index (χ4v) is 8.45. The molecule has 0 aromatic heterocycles. The van der Waals surface area contributed by atoms with E-state index in [0.717, 1.165) is 44.1 Å². The molecule has 2 atom stereocenters. The maximum atomic E-state index is 14.4. The summed E-state index contributed by atoms with van der Waals surface area (Å²) in [6.07, 6.45) is 8.84. The van der Waals surface area contributed by atoms with Crippen LogP contribution < -0.4 is 14.8 Å². The van der Waals surface area contributed by atoms with Crippen molar-refractivity contribution in [1.29, 1.82) is 0 Å². The van der Waals surface area contributed by atoms with Crippen molar-refractivity contribution >= 4 is 22.0 Å². The number of amides is 1. The summed E-state index contributed by atoms with van der Waals surface area (Å²) >= 11 is 0. The summed E-state index contributed by atoms with van der Waals surface area (Å²) in [6, 6.07) is 32.6. The maximum Gasteiger partial charge on any atom is 0.244 e. The molecule has 0 saturated carbocycles. The predicted molar refractivity (Wildman–Crippen MR) is 202 cm³/mol. The molecule has 1 N–H and O–H groups in total. The molecule has 0 spiro atoms. The van der Waals surface area contributed by atoms with Gasteiger partial charge in [-0.25, -0.2) is 8.42 Å². The fraction of sp³-hybridized carbons (Fsp3) is 0.357. The third-order valence-electron chi connectivity index (χ3n) is 9.37. The molecule has 4 aromatic rings. The zero-order chi connectivity index (χ0) is 36.1. The van der Waals surface area contributed by atoms with Crippen LogP contribution in [0.15, 0.2) is 114 Å². The highest BCUT2D eigenvalue weighted by Crippen LogP contribution is 2.36. The number of methoxy groups -OCH3 is 2. The van der Waals surface area contributed by atoms with E-state index in [1.54, 1.807) is 13.0 Å². The lowest BCUT2D eigenvalue weighted by Gasteiger charge is -2.26. The second-order valence-corrected chi connectivity index (χ2v) is 14.9. The van der Waals surface area contributed by atoms with Gasteiger partial charge in [0.25, 0.3) is 0 Å². The number of rotatable bonds is 18. The molecule has 1 aliphatic rings. The summed E-state index contributed by atoms with van der Waals surface area (Å²) in [5.74, 6) is 0.477. The summed E-state index contributed by atoms with van der Waals surface area (Å²) in [5, 5.41) is 3.29. The van der Waals surface area contributed by atoms with Crippen molar-refractivity contribution in [1.82, 2.24) is 9.62 Å². The van der Waals surface area contributed by atoms with Crippen LogP contribution in [0.2, 0.25) is 0 Å². The Bertz CT molecular complexity index is 1770. The van der Waals surface area contributed by atoms with Crippen molar-refractivity contribution in [3.63, 3.8) is 0 Å².